The molecule has 0 aliphatic rings. The van der Waals surface area contributed by atoms with Gasteiger partial charge in [0, 0.05) is 12.5 Å². The van der Waals surface area contributed by atoms with E-state index in [0.717, 1.165) is 18.5 Å². The quantitative estimate of drug-likeness (QED) is 0.864. The van der Waals surface area contributed by atoms with E-state index in [4.69, 9.17) is 11.6 Å². The summed E-state index contributed by atoms with van der Waals surface area (Å²) in [5.41, 5.74) is 3.48. The minimum absolute atomic E-state index is 0.175. The summed E-state index contributed by atoms with van der Waals surface area (Å²) in [5.74, 6) is -0.0305. The third kappa shape index (κ3) is 3.81. The summed E-state index contributed by atoms with van der Waals surface area (Å²) in [7, 11) is 1.94. The van der Waals surface area contributed by atoms with Crippen LogP contribution in [0.2, 0.25) is 5.02 Å². The van der Waals surface area contributed by atoms with E-state index in [1.165, 1.54) is 17.2 Å². The standard InChI is InChI=1S/C17H19ClFN/c1-12-4-3-5-14(8-12)15(11-20-2)9-13-6-7-16(18)17(19)10-13/h3-8,10,15,20H,9,11H2,1-2H3. The zero-order valence-electron chi connectivity index (χ0n) is 11.8. The van der Waals surface area contributed by atoms with Crippen molar-refractivity contribution in [1.82, 2.24) is 5.32 Å². The Bertz CT molecular complexity index is 583. The van der Waals surface area contributed by atoms with Crippen LogP contribution in [0.5, 0.6) is 0 Å². The molecule has 1 atom stereocenters. The Hall–Kier alpha value is -1.38. The van der Waals surface area contributed by atoms with Crippen molar-refractivity contribution >= 4 is 11.6 Å². The molecule has 1 N–H and O–H groups in total. The zero-order chi connectivity index (χ0) is 14.5. The van der Waals surface area contributed by atoms with Gasteiger partial charge in [0.2, 0.25) is 0 Å². The highest BCUT2D eigenvalue weighted by Crippen LogP contribution is 2.23. The van der Waals surface area contributed by atoms with E-state index in [-0.39, 0.29) is 10.8 Å². The Morgan fingerprint density at radius 2 is 2.00 bits per heavy atom. The Kier molecular flexibility index (Phi) is 5.16. The molecule has 0 spiro atoms. The molecule has 3 heteroatoms. The molecule has 20 heavy (non-hydrogen) atoms. The smallest absolute Gasteiger partial charge is 0.142 e. The van der Waals surface area contributed by atoms with Crippen LogP contribution in [0.1, 0.15) is 22.6 Å². The molecule has 0 bridgehead atoms. The van der Waals surface area contributed by atoms with E-state index in [0.29, 0.717) is 5.92 Å². The molecule has 1 unspecified atom stereocenters. The fourth-order valence-electron chi connectivity index (χ4n) is 2.43. The van der Waals surface area contributed by atoms with E-state index in [1.807, 2.05) is 13.1 Å². The van der Waals surface area contributed by atoms with Crippen molar-refractivity contribution in [2.75, 3.05) is 13.6 Å². The van der Waals surface area contributed by atoms with Crippen molar-refractivity contribution in [3.63, 3.8) is 0 Å². The van der Waals surface area contributed by atoms with Crippen LogP contribution in [0.15, 0.2) is 42.5 Å². The molecule has 0 saturated heterocycles. The molecule has 0 fully saturated rings. The minimum atomic E-state index is -0.350. The first kappa shape index (κ1) is 15.0. The molecule has 1 nitrogen and oxygen atoms in total. The van der Waals surface area contributed by atoms with Gasteiger partial charge in [-0.1, -0.05) is 47.5 Å². The predicted molar refractivity (Wildman–Crippen MR) is 83.0 cm³/mol. The lowest BCUT2D eigenvalue weighted by molar-refractivity contribution is 0.608. The van der Waals surface area contributed by atoms with Crippen LogP contribution in [0, 0.1) is 12.7 Å². The average Bonchev–Trinajstić information content (AvgIpc) is 2.42. The van der Waals surface area contributed by atoms with Crippen molar-refractivity contribution in [3.8, 4) is 0 Å². The largest absolute Gasteiger partial charge is 0.319 e. The number of hydrogen-bond acceptors (Lipinski definition) is 1. The van der Waals surface area contributed by atoms with Crippen molar-refractivity contribution in [2.24, 2.45) is 0 Å². The summed E-state index contributed by atoms with van der Waals surface area (Å²) in [6.45, 7) is 2.94. The molecular formula is C17H19ClFN. The van der Waals surface area contributed by atoms with Gasteiger partial charge in [0.15, 0.2) is 0 Å². The normalized spacial score (nSPS) is 12.4. The highest BCUT2D eigenvalue weighted by molar-refractivity contribution is 6.30. The molecule has 2 aromatic carbocycles. The fourth-order valence-corrected chi connectivity index (χ4v) is 2.55. The highest BCUT2D eigenvalue weighted by Gasteiger charge is 2.13. The molecule has 0 aromatic heterocycles. The van der Waals surface area contributed by atoms with Gasteiger partial charge in [-0.15, -0.1) is 0 Å². The minimum Gasteiger partial charge on any atom is -0.319 e. The summed E-state index contributed by atoms with van der Waals surface area (Å²) in [6.07, 6.45) is 0.790. The van der Waals surface area contributed by atoms with Gasteiger partial charge in [-0.2, -0.15) is 0 Å². The van der Waals surface area contributed by atoms with Crippen molar-refractivity contribution in [3.05, 3.63) is 70.0 Å². The molecular weight excluding hydrogens is 273 g/mol. The maximum Gasteiger partial charge on any atom is 0.142 e. The molecule has 0 saturated carbocycles. The topological polar surface area (TPSA) is 12.0 Å². The first-order valence-corrected chi connectivity index (χ1v) is 7.13. The third-order valence-electron chi connectivity index (χ3n) is 3.43. The van der Waals surface area contributed by atoms with Crippen LogP contribution in [0.4, 0.5) is 4.39 Å². The molecule has 0 heterocycles. The number of aryl methyl sites for hydroxylation is 1. The Morgan fingerprint density at radius 1 is 1.20 bits per heavy atom. The summed E-state index contributed by atoms with van der Waals surface area (Å²) < 4.78 is 13.5. The molecule has 0 aliphatic heterocycles. The van der Waals surface area contributed by atoms with Crippen LogP contribution >= 0.6 is 11.6 Å². The third-order valence-corrected chi connectivity index (χ3v) is 3.74. The Balaban J connectivity index is 2.22. The van der Waals surface area contributed by atoms with Gasteiger partial charge in [-0.25, -0.2) is 4.39 Å². The number of likely N-dealkylation sites (N-methyl/N-ethyl adjacent to an activating group) is 1. The Morgan fingerprint density at radius 3 is 2.65 bits per heavy atom. The lowest BCUT2D eigenvalue weighted by atomic mass is 9.91. The summed E-state index contributed by atoms with van der Waals surface area (Å²) in [6, 6.07) is 13.5. The molecule has 2 aromatic rings. The molecule has 0 radical (unpaired) electrons. The van der Waals surface area contributed by atoms with Crippen LogP contribution in [0.25, 0.3) is 0 Å². The lowest BCUT2D eigenvalue weighted by Gasteiger charge is -2.18. The lowest BCUT2D eigenvalue weighted by Crippen LogP contribution is -2.19. The van der Waals surface area contributed by atoms with Crippen LogP contribution in [-0.4, -0.2) is 13.6 Å². The van der Waals surface area contributed by atoms with Gasteiger partial charge in [0.05, 0.1) is 5.02 Å². The summed E-state index contributed by atoms with van der Waals surface area (Å²) in [5, 5.41) is 3.39. The summed E-state index contributed by atoms with van der Waals surface area (Å²) in [4.78, 5) is 0. The maximum atomic E-state index is 13.5. The zero-order valence-corrected chi connectivity index (χ0v) is 12.5. The number of halogens is 2. The average molecular weight is 292 g/mol. The second kappa shape index (κ2) is 6.87. The van der Waals surface area contributed by atoms with Gasteiger partial charge < -0.3 is 5.32 Å². The van der Waals surface area contributed by atoms with Gasteiger partial charge in [0.25, 0.3) is 0 Å². The molecule has 106 valence electrons. The number of nitrogens with one attached hydrogen (secondary N) is 1. The monoisotopic (exact) mass is 291 g/mol. The molecule has 2 rings (SSSR count). The second-order valence-electron chi connectivity index (χ2n) is 5.12. The van der Waals surface area contributed by atoms with Gasteiger partial charge in [-0.3, -0.25) is 0 Å². The van der Waals surface area contributed by atoms with E-state index in [1.54, 1.807) is 6.07 Å². The van der Waals surface area contributed by atoms with Crippen LogP contribution < -0.4 is 5.32 Å². The van der Waals surface area contributed by atoms with Gasteiger partial charge >= 0.3 is 0 Å². The Labute approximate surface area is 124 Å². The second-order valence-corrected chi connectivity index (χ2v) is 5.53. The van der Waals surface area contributed by atoms with Crippen LogP contribution in [-0.2, 0) is 6.42 Å². The fraction of sp³-hybridized carbons (Fsp3) is 0.294. The number of hydrogen-bond donors (Lipinski definition) is 1. The highest BCUT2D eigenvalue weighted by atomic mass is 35.5. The van der Waals surface area contributed by atoms with Crippen LogP contribution in [0.3, 0.4) is 0 Å². The van der Waals surface area contributed by atoms with Crippen molar-refractivity contribution < 1.29 is 4.39 Å². The SMILES string of the molecule is CNCC(Cc1ccc(Cl)c(F)c1)c1cccc(C)c1. The van der Waals surface area contributed by atoms with Gasteiger partial charge in [0.1, 0.15) is 5.82 Å². The van der Waals surface area contributed by atoms with Crippen molar-refractivity contribution in [1.29, 1.82) is 0 Å². The van der Waals surface area contributed by atoms with E-state index in [2.05, 4.69) is 36.5 Å². The first-order valence-electron chi connectivity index (χ1n) is 6.75. The maximum absolute atomic E-state index is 13.5. The number of rotatable bonds is 5. The predicted octanol–water partition coefficient (Wildman–Crippen LogP) is 4.33. The van der Waals surface area contributed by atoms with Crippen molar-refractivity contribution in [2.45, 2.75) is 19.3 Å². The van der Waals surface area contributed by atoms with E-state index >= 15 is 0 Å². The molecule has 0 aliphatic carbocycles. The van der Waals surface area contributed by atoms with Gasteiger partial charge in [-0.05, 0) is 43.7 Å². The number of benzene rings is 2. The van der Waals surface area contributed by atoms with E-state index < -0.39 is 0 Å². The first-order chi connectivity index (χ1) is 9.60. The molecule has 0 amide bonds. The summed E-state index contributed by atoms with van der Waals surface area (Å²) >= 11 is 5.73. The van der Waals surface area contributed by atoms with E-state index in [9.17, 15) is 4.39 Å².